The highest BCUT2D eigenvalue weighted by atomic mass is 35.5. The first kappa shape index (κ1) is 18.3. The summed E-state index contributed by atoms with van der Waals surface area (Å²) >= 11 is 12.4. The van der Waals surface area contributed by atoms with E-state index in [4.69, 9.17) is 27.9 Å². The number of aryl methyl sites for hydroxylation is 1. The van der Waals surface area contributed by atoms with Crippen molar-refractivity contribution in [3.8, 4) is 5.75 Å². The average Bonchev–Trinajstić information content (AvgIpc) is 3.01. The van der Waals surface area contributed by atoms with Gasteiger partial charge in [0.05, 0.1) is 5.92 Å². The van der Waals surface area contributed by atoms with Crippen LogP contribution in [0.15, 0.2) is 36.4 Å². The lowest BCUT2D eigenvalue weighted by Gasteiger charge is -2.27. The number of carboxylic acid groups (broad SMARTS) is 1. The second-order valence-corrected chi connectivity index (χ2v) is 8.86. The van der Waals surface area contributed by atoms with E-state index in [1.165, 1.54) is 11.1 Å². The molecule has 3 aliphatic rings. The third-order valence-corrected chi connectivity index (χ3v) is 7.26. The number of carboxylic acids is 1. The minimum atomic E-state index is -0.623. The van der Waals surface area contributed by atoms with Crippen LogP contribution in [0.2, 0.25) is 10.0 Å². The van der Waals surface area contributed by atoms with Gasteiger partial charge in [-0.05, 0) is 60.1 Å². The Hall–Kier alpha value is -1.75. The van der Waals surface area contributed by atoms with Gasteiger partial charge < -0.3 is 9.84 Å². The minimum absolute atomic E-state index is 0.107. The summed E-state index contributed by atoms with van der Waals surface area (Å²) in [6, 6.07) is 12.2. The van der Waals surface area contributed by atoms with E-state index in [9.17, 15) is 9.90 Å². The van der Waals surface area contributed by atoms with Crippen LogP contribution in [0.5, 0.6) is 5.75 Å². The molecule has 0 amide bonds. The standard InChI is InChI=1S/C22H21Cl2NO3/c23-18-2-1-3-19(24)17(18)11-28-13-5-6-14-12(8-13)4-7-20(14)25-9-15-16(10-25)21(15)22(26)27/h1-3,5-6,8,15-16,20-21H,4,7,9-11H2,(H,26,27). The third kappa shape index (κ3) is 3.08. The maximum atomic E-state index is 11.2. The van der Waals surface area contributed by atoms with Gasteiger partial charge in [0.25, 0.3) is 0 Å². The molecule has 1 heterocycles. The molecule has 4 nitrogen and oxygen atoms in total. The lowest BCUT2D eigenvalue weighted by atomic mass is 10.1. The summed E-state index contributed by atoms with van der Waals surface area (Å²) in [6.45, 7) is 2.16. The number of hydrogen-bond donors (Lipinski definition) is 1. The minimum Gasteiger partial charge on any atom is -0.489 e. The van der Waals surface area contributed by atoms with Gasteiger partial charge in [0, 0.05) is 34.7 Å². The van der Waals surface area contributed by atoms with Crippen molar-refractivity contribution in [3.05, 3.63) is 63.1 Å². The lowest BCUT2D eigenvalue weighted by Crippen LogP contribution is -2.29. The summed E-state index contributed by atoms with van der Waals surface area (Å²) in [5.41, 5.74) is 3.48. The molecule has 5 rings (SSSR count). The molecule has 2 aromatic rings. The van der Waals surface area contributed by atoms with E-state index in [0.717, 1.165) is 37.2 Å². The zero-order valence-corrected chi connectivity index (χ0v) is 16.8. The number of likely N-dealkylation sites (tertiary alicyclic amines) is 1. The number of fused-ring (bicyclic) bond motifs is 2. The molecule has 0 radical (unpaired) electrons. The zero-order chi connectivity index (χ0) is 19.4. The summed E-state index contributed by atoms with van der Waals surface area (Å²) < 4.78 is 5.96. The number of nitrogens with zero attached hydrogens (tertiary/aromatic N) is 1. The summed E-state index contributed by atoms with van der Waals surface area (Å²) in [7, 11) is 0. The Labute approximate surface area is 174 Å². The van der Waals surface area contributed by atoms with Crippen molar-refractivity contribution in [2.24, 2.45) is 17.8 Å². The number of halogens is 2. The fraction of sp³-hybridized carbons (Fsp3) is 0.409. The Bertz CT molecular complexity index is 915. The van der Waals surface area contributed by atoms with Crippen molar-refractivity contribution in [3.63, 3.8) is 0 Å². The number of ether oxygens (including phenoxy) is 1. The maximum Gasteiger partial charge on any atom is 0.307 e. The molecule has 2 fully saturated rings. The Kier molecular flexibility index (Phi) is 4.53. The monoisotopic (exact) mass is 417 g/mol. The number of carbonyl (C=O) groups is 1. The molecule has 3 unspecified atom stereocenters. The van der Waals surface area contributed by atoms with Crippen LogP contribution >= 0.6 is 23.2 Å². The lowest BCUT2D eigenvalue weighted by molar-refractivity contribution is -0.139. The van der Waals surface area contributed by atoms with E-state index in [1.807, 2.05) is 24.3 Å². The first-order valence-electron chi connectivity index (χ1n) is 9.68. The first-order chi connectivity index (χ1) is 13.5. The zero-order valence-electron chi connectivity index (χ0n) is 15.3. The average molecular weight is 418 g/mol. The largest absolute Gasteiger partial charge is 0.489 e. The van der Waals surface area contributed by atoms with Gasteiger partial charge in [-0.15, -0.1) is 0 Å². The molecule has 6 heteroatoms. The van der Waals surface area contributed by atoms with E-state index < -0.39 is 5.97 Å². The molecule has 1 N–H and O–H groups in total. The highest BCUT2D eigenvalue weighted by Gasteiger charge is 2.60. The van der Waals surface area contributed by atoms with Gasteiger partial charge in [0.2, 0.25) is 0 Å². The molecule has 1 saturated carbocycles. The highest BCUT2D eigenvalue weighted by molar-refractivity contribution is 6.35. The van der Waals surface area contributed by atoms with Crippen LogP contribution in [0, 0.1) is 17.8 Å². The van der Waals surface area contributed by atoms with E-state index in [0.29, 0.717) is 34.5 Å². The molecule has 146 valence electrons. The topological polar surface area (TPSA) is 49.8 Å². The van der Waals surface area contributed by atoms with Gasteiger partial charge in [0.1, 0.15) is 12.4 Å². The second-order valence-electron chi connectivity index (χ2n) is 8.05. The smallest absolute Gasteiger partial charge is 0.307 e. The highest BCUT2D eigenvalue weighted by Crippen LogP contribution is 2.54. The van der Waals surface area contributed by atoms with E-state index in [-0.39, 0.29) is 5.92 Å². The fourth-order valence-electron chi connectivity index (χ4n) is 5.05. The van der Waals surface area contributed by atoms with Gasteiger partial charge in [0.15, 0.2) is 0 Å². The van der Waals surface area contributed by atoms with Crippen molar-refractivity contribution in [2.45, 2.75) is 25.5 Å². The Morgan fingerprint density at radius 3 is 2.54 bits per heavy atom. The van der Waals surface area contributed by atoms with Gasteiger partial charge in [-0.2, -0.15) is 0 Å². The fourth-order valence-corrected chi connectivity index (χ4v) is 5.55. The molecule has 3 atom stereocenters. The molecule has 1 aliphatic heterocycles. The Morgan fingerprint density at radius 2 is 1.86 bits per heavy atom. The van der Waals surface area contributed by atoms with Gasteiger partial charge in [-0.3, -0.25) is 9.69 Å². The van der Waals surface area contributed by atoms with Crippen molar-refractivity contribution in [1.82, 2.24) is 4.90 Å². The third-order valence-electron chi connectivity index (χ3n) is 6.55. The second kappa shape index (κ2) is 6.94. The molecule has 1 saturated heterocycles. The molecule has 0 bridgehead atoms. The van der Waals surface area contributed by atoms with E-state index in [2.05, 4.69) is 17.0 Å². The van der Waals surface area contributed by atoms with Crippen LogP contribution in [-0.2, 0) is 17.8 Å². The predicted octanol–water partition coefficient (Wildman–Crippen LogP) is 4.82. The van der Waals surface area contributed by atoms with Crippen LogP contribution in [0.3, 0.4) is 0 Å². The molecular weight excluding hydrogens is 397 g/mol. The van der Waals surface area contributed by atoms with Crippen molar-refractivity contribution in [2.75, 3.05) is 13.1 Å². The summed E-state index contributed by atoms with van der Waals surface area (Å²) in [5, 5.41) is 10.4. The van der Waals surface area contributed by atoms with Crippen LogP contribution in [-0.4, -0.2) is 29.1 Å². The van der Waals surface area contributed by atoms with Crippen molar-refractivity contribution >= 4 is 29.2 Å². The summed E-state index contributed by atoms with van der Waals surface area (Å²) in [6.07, 6.45) is 2.12. The number of piperidine rings is 1. The van der Waals surface area contributed by atoms with Crippen molar-refractivity contribution < 1.29 is 14.6 Å². The number of aliphatic carboxylic acids is 1. The van der Waals surface area contributed by atoms with Crippen LogP contribution in [0.1, 0.15) is 29.2 Å². The quantitative estimate of drug-likeness (QED) is 0.757. The van der Waals surface area contributed by atoms with E-state index >= 15 is 0 Å². The van der Waals surface area contributed by atoms with E-state index in [1.54, 1.807) is 0 Å². The maximum absolute atomic E-state index is 11.2. The molecule has 2 aliphatic carbocycles. The van der Waals surface area contributed by atoms with Crippen molar-refractivity contribution in [1.29, 1.82) is 0 Å². The normalized spacial score (nSPS) is 28.1. The number of rotatable bonds is 5. The van der Waals surface area contributed by atoms with Crippen LogP contribution < -0.4 is 4.74 Å². The van der Waals surface area contributed by atoms with Crippen LogP contribution in [0.25, 0.3) is 0 Å². The Balaban J connectivity index is 1.26. The number of hydrogen-bond acceptors (Lipinski definition) is 3. The predicted molar refractivity (Wildman–Crippen MR) is 108 cm³/mol. The Morgan fingerprint density at radius 1 is 1.14 bits per heavy atom. The van der Waals surface area contributed by atoms with Gasteiger partial charge in [-0.25, -0.2) is 0 Å². The number of benzene rings is 2. The van der Waals surface area contributed by atoms with Gasteiger partial charge >= 0.3 is 5.97 Å². The molecule has 28 heavy (non-hydrogen) atoms. The van der Waals surface area contributed by atoms with Gasteiger partial charge in [-0.1, -0.05) is 35.3 Å². The molecule has 0 spiro atoms. The molecular formula is C22H21Cl2NO3. The molecule has 2 aromatic carbocycles. The first-order valence-corrected chi connectivity index (χ1v) is 10.4. The SMILES string of the molecule is O=C(O)C1C2CN(C3CCc4cc(OCc5c(Cl)cccc5Cl)ccc43)CC21. The summed E-state index contributed by atoms with van der Waals surface area (Å²) in [4.78, 5) is 13.7. The molecule has 0 aromatic heterocycles. The van der Waals surface area contributed by atoms with Crippen LogP contribution in [0.4, 0.5) is 0 Å². The summed E-state index contributed by atoms with van der Waals surface area (Å²) in [5.74, 6) is 0.797.